The Morgan fingerprint density at radius 2 is 1.66 bits per heavy atom. The first-order chi connectivity index (χ1) is 18.3. The molecular weight excluding hydrogens is 504 g/mol. The fourth-order valence-electron chi connectivity index (χ4n) is 5.44. The topological polar surface area (TPSA) is 116 Å². The van der Waals surface area contributed by atoms with Crippen LogP contribution in [0.5, 0.6) is 0 Å². The summed E-state index contributed by atoms with van der Waals surface area (Å²) in [7, 11) is -2.13. The number of hydrogen-bond acceptors (Lipinski definition) is 5. The number of urea groups is 1. The number of likely N-dealkylation sites (tertiary alicyclic amines) is 1. The molecule has 0 aliphatic carbocycles. The number of carbonyl (C=O) groups is 2. The number of piperidine rings is 2. The van der Waals surface area contributed by atoms with Crippen molar-refractivity contribution in [2.24, 2.45) is 0 Å². The van der Waals surface area contributed by atoms with Crippen LogP contribution in [0.4, 0.5) is 10.5 Å². The molecule has 2 N–H and O–H groups in total. The number of carbonyl (C=O) groups excluding carboxylic acids is 2. The van der Waals surface area contributed by atoms with E-state index in [0.717, 1.165) is 49.1 Å². The number of rotatable bonds is 5. The lowest BCUT2D eigenvalue weighted by atomic mass is 9.90. The summed E-state index contributed by atoms with van der Waals surface area (Å²) < 4.78 is 29.8. The molecule has 0 atom stereocenters. The van der Waals surface area contributed by atoms with Crippen LogP contribution in [0.3, 0.4) is 0 Å². The zero-order valence-corrected chi connectivity index (χ0v) is 22.6. The van der Waals surface area contributed by atoms with E-state index in [4.69, 9.17) is 0 Å². The lowest BCUT2D eigenvalue weighted by molar-refractivity contribution is 0.0725. The predicted molar refractivity (Wildman–Crippen MR) is 145 cm³/mol. The van der Waals surface area contributed by atoms with Gasteiger partial charge >= 0.3 is 6.03 Å². The predicted octanol–water partition coefficient (Wildman–Crippen LogP) is 3.59. The number of hydrogen-bond donors (Lipinski definition) is 2. The molecule has 11 heteroatoms. The van der Waals surface area contributed by atoms with E-state index in [-0.39, 0.29) is 22.8 Å². The van der Waals surface area contributed by atoms with Crippen molar-refractivity contribution < 1.29 is 18.0 Å². The van der Waals surface area contributed by atoms with Crippen molar-refractivity contribution in [3.8, 4) is 0 Å². The summed E-state index contributed by atoms with van der Waals surface area (Å²) in [4.78, 5) is 27.0. The Kier molecular flexibility index (Phi) is 7.40. The molecule has 0 spiro atoms. The highest BCUT2D eigenvalue weighted by atomic mass is 32.2. The van der Waals surface area contributed by atoms with E-state index >= 15 is 0 Å². The molecule has 202 valence electrons. The number of anilines is 1. The SMILES string of the molecule is CNC(=O)Nc1ccc(S(=O)(=O)N2CCC(c3ccn4nc(C)c(C(=O)N5CCCCC5)c4c3)CC2)cc1. The number of pyridine rings is 1. The quantitative estimate of drug-likeness (QED) is 0.515. The van der Waals surface area contributed by atoms with E-state index in [0.29, 0.717) is 37.2 Å². The van der Waals surface area contributed by atoms with E-state index in [1.54, 1.807) is 16.6 Å². The second-order valence-electron chi connectivity index (χ2n) is 10.0. The Morgan fingerprint density at radius 3 is 2.32 bits per heavy atom. The van der Waals surface area contributed by atoms with Gasteiger partial charge < -0.3 is 15.5 Å². The van der Waals surface area contributed by atoms with Crippen molar-refractivity contribution in [3.63, 3.8) is 0 Å². The maximum Gasteiger partial charge on any atom is 0.318 e. The Bertz CT molecular complexity index is 1440. The van der Waals surface area contributed by atoms with Gasteiger partial charge in [-0.1, -0.05) is 0 Å². The van der Waals surface area contributed by atoms with Crippen molar-refractivity contribution in [2.45, 2.75) is 49.8 Å². The Labute approximate surface area is 223 Å². The highest BCUT2D eigenvalue weighted by Crippen LogP contribution is 2.32. The van der Waals surface area contributed by atoms with Crippen molar-refractivity contribution in [1.29, 1.82) is 0 Å². The van der Waals surface area contributed by atoms with Crippen molar-refractivity contribution in [3.05, 3.63) is 59.4 Å². The lowest BCUT2D eigenvalue weighted by Crippen LogP contribution is -2.38. The van der Waals surface area contributed by atoms with Gasteiger partial charge in [0.1, 0.15) is 0 Å². The minimum Gasteiger partial charge on any atom is -0.341 e. The molecule has 0 radical (unpaired) electrons. The summed E-state index contributed by atoms with van der Waals surface area (Å²) in [5.41, 5.74) is 3.84. The number of benzene rings is 1. The normalized spacial score (nSPS) is 17.5. The molecule has 5 rings (SSSR count). The van der Waals surface area contributed by atoms with Gasteiger partial charge in [0, 0.05) is 45.1 Å². The Morgan fingerprint density at radius 1 is 0.974 bits per heavy atom. The fraction of sp³-hybridized carbons (Fsp3) is 0.444. The van der Waals surface area contributed by atoms with E-state index < -0.39 is 10.0 Å². The largest absolute Gasteiger partial charge is 0.341 e. The van der Waals surface area contributed by atoms with Crippen LogP contribution in [0.2, 0.25) is 0 Å². The Balaban J connectivity index is 1.29. The van der Waals surface area contributed by atoms with Crippen LogP contribution in [0, 0.1) is 6.92 Å². The minimum atomic E-state index is -3.64. The molecule has 3 aromatic rings. The maximum atomic E-state index is 13.3. The summed E-state index contributed by atoms with van der Waals surface area (Å²) in [6, 6.07) is 9.93. The fourth-order valence-corrected chi connectivity index (χ4v) is 6.91. The van der Waals surface area contributed by atoms with Crippen molar-refractivity contribution in [2.75, 3.05) is 38.5 Å². The molecule has 2 aliphatic rings. The van der Waals surface area contributed by atoms with Crippen LogP contribution < -0.4 is 10.6 Å². The molecule has 2 fully saturated rings. The first-order valence-electron chi connectivity index (χ1n) is 13.1. The molecule has 0 saturated carbocycles. The summed E-state index contributed by atoms with van der Waals surface area (Å²) in [5, 5.41) is 9.67. The molecule has 2 saturated heterocycles. The third-order valence-electron chi connectivity index (χ3n) is 7.59. The van der Waals surface area contributed by atoms with Gasteiger partial charge in [0.15, 0.2) is 0 Å². The summed E-state index contributed by atoms with van der Waals surface area (Å²) in [5.74, 6) is 0.241. The number of fused-ring (bicyclic) bond motifs is 1. The summed E-state index contributed by atoms with van der Waals surface area (Å²) in [6.07, 6.45) is 6.52. The van der Waals surface area contributed by atoms with Gasteiger partial charge in [-0.05, 0) is 86.9 Å². The molecule has 38 heavy (non-hydrogen) atoms. The highest BCUT2D eigenvalue weighted by Gasteiger charge is 2.31. The first-order valence-corrected chi connectivity index (χ1v) is 14.6. The van der Waals surface area contributed by atoms with E-state index in [2.05, 4.69) is 21.8 Å². The van der Waals surface area contributed by atoms with Gasteiger partial charge in [0.2, 0.25) is 10.0 Å². The number of aryl methyl sites for hydroxylation is 1. The van der Waals surface area contributed by atoms with Crippen LogP contribution >= 0.6 is 0 Å². The third-order valence-corrected chi connectivity index (χ3v) is 9.51. The van der Waals surface area contributed by atoms with Gasteiger partial charge in [0.05, 0.1) is 21.7 Å². The average molecular weight is 539 g/mol. The van der Waals surface area contributed by atoms with Crippen LogP contribution in [-0.2, 0) is 10.0 Å². The molecule has 0 bridgehead atoms. The number of amides is 3. The second-order valence-corrected chi connectivity index (χ2v) is 11.9. The summed E-state index contributed by atoms with van der Waals surface area (Å²) >= 11 is 0. The van der Waals surface area contributed by atoms with E-state index in [1.165, 1.54) is 23.5 Å². The minimum absolute atomic E-state index is 0.0480. The smallest absolute Gasteiger partial charge is 0.318 e. The first kappa shape index (κ1) is 26.2. The average Bonchev–Trinajstić information content (AvgIpc) is 3.28. The standard InChI is InChI=1S/C27H34N6O4S/c1-19-25(26(34)31-13-4-3-5-14-31)24-18-21(12-17-33(24)30-19)20-10-15-32(16-11-20)38(36,37)23-8-6-22(7-9-23)29-27(35)28-2/h6-9,12,17-18,20H,3-5,10-11,13-16H2,1-2H3,(H2,28,29,35). The molecule has 0 unspecified atom stereocenters. The van der Waals surface area contributed by atoms with Crippen LogP contribution in [0.25, 0.3) is 5.52 Å². The second kappa shape index (κ2) is 10.7. The van der Waals surface area contributed by atoms with Crippen LogP contribution in [-0.4, -0.2) is 72.4 Å². The van der Waals surface area contributed by atoms with Gasteiger partial charge in [-0.2, -0.15) is 9.40 Å². The molecule has 2 aromatic heterocycles. The molecule has 2 aliphatic heterocycles. The maximum absolute atomic E-state index is 13.3. The van der Waals surface area contributed by atoms with Gasteiger partial charge in [-0.15, -0.1) is 0 Å². The molecule has 4 heterocycles. The van der Waals surface area contributed by atoms with Crippen molar-refractivity contribution in [1.82, 2.24) is 24.1 Å². The van der Waals surface area contributed by atoms with Crippen molar-refractivity contribution >= 4 is 33.2 Å². The molecule has 1 aromatic carbocycles. The van der Waals surface area contributed by atoms with Crippen LogP contribution in [0.15, 0.2) is 47.5 Å². The van der Waals surface area contributed by atoms with Gasteiger partial charge in [-0.25, -0.2) is 17.7 Å². The summed E-state index contributed by atoms with van der Waals surface area (Å²) in [6.45, 7) is 4.28. The number of nitrogens with one attached hydrogen (secondary N) is 2. The zero-order chi connectivity index (χ0) is 26.9. The number of sulfonamides is 1. The molecule has 3 amide bonds. The molecular formula is C27H34N6O4S. The van der Waals surface area contributed by atoms with Gasteiger partial charge in [0.25, 0.3) is 5.91 Å². The van der Waals surface area contributed by atoms with E-state index in [1.807, 2.05) is 24.1 Å². The third kappa shape index (κ3) is 5.12. The molecule has 10 nitrogen and oxygen atoms in total. The zero-order valence-electron chi connectivity index (χ0n) is 21.8. The van der Waals surface area contributed by atoms with E-state index in [9.17, 15) is 18.0 Å². The monoisotopic (exact) mass is 538 g/mol. The van der Waals surface area contributed by atoms with Crippen LogP contribution in [0.1, 0.15) is 59.6 Å². The number of nitrogens with zero attached hydrogens (tertiary/aromatic N) is 4. The number of aromatic nitrogens is 2. The van der Waals surface area contributed by atoms with Gasteiger partial charge in [-0.3, -0.25) is 4.79 Å². The lowest BCUT2D eigenvalue weighted by Gasteiger charge is -2.31. The Hall–Kier alpha value is -3.44. The highest BCUT2D eigenvalue weighted by molar-refractivity contribution is 7.89.